The third kappa shape index (κ3) is 3.96. The average Bonchev–Trinajstić information content (AvgIpc) is 2.31. The molecule has 0 saturated heterocycles. The summed E-state index contributed by atoms with van der Waals surface area (Å²) in [5.74, 6) is -0.0444. The highest BCUT2D eigenvalue weighted by molar-refractivity contribution is 9.10. The molecule has 1 unspecified atom stereocenters. The van der Waals surface area contributed by atoms with Crippen LogP contribution < -0.4 is 5.32 Å². The molecule has 104 valence electrons. The van der Waals surface area contributed by atoms with E-state index in [4.69, 9.17) is 11.6 Å². The van der Waals surface area contributed by atoms with Gasteiger partial charge in [0.15, 0.2) is 0 Å². The largest absolute Gasteiger partial charge is 0.349 e. The van der Waals surface area contributed by atoms with Crippen LogP contribution in [0.5, 0.6) is 0 Å². The molecule has 1 atom stereocenters. The highest BCUT2D eigenvalue weighted by Gasteiger charge is 2.29. The van der Waals surface area contributed by atoms with Crippen molar-refractivity contribution in [1.29, 1.82) is 0 Å². The lowest BCUT2D eigenvalue weighted by Gasteiger charge is -2.35. The number of amides is 1. The first kappa shape index (κ1) is 14.9. The molecule has 1 saturated carbocycles. The van der Waals surface area contributed by atoms with Crippen LogP contribution in [0.3, 0.4) is 0 Å². The second-order valence-corrected chi connectivity index (χ2v) is 7.35. The molecular weight excluding hydrogens is 326 g/mol. The van der Waals surface area contributed by atoms with Crippen molar-refractivity contribution in [2.24, 2.45) is 5.41 Å². The molecule has 1 aromatic carbocycles. The molecule has 0 aliphatic heterocycles. The van der Waals surface area contributed by atoms with E-state index < -0.39 is 0 Å². The van der Waals surface area contributed by atoms with Gasteiger partial charge < -0.3 is 5.32 Å². The van der Waals surface area contributed by atoms with Crippen molar-refractivity contribution < 1.29 is 4.79 Å². The summed E-state index contributed by atoms with van der Waals surface area (Å²) in [6.45, 7) is 4.53. The average molecular weight is 345 g/mol. The van der Waals surface area contributed by atoms with Gasteiger partial charge in [-0.3, -0.25) is 4.79 Å². The minimum Gasteiger partial charge on any atom is -0.349 e. The van der Waals surface area contributed by atoms with Crippen LogP contribution in [0.2, 0.25) is 5.02 Å². The summed E-state index contributed by atoms with van der Waals surface area (Å²) < 4.78 is 0.782. The zero-order valence-corrected chi connectivity index (χ0v) is 13.6. The summed E-state index contributed by atoms with van der Waals surface area (Å²) in [6.07, 6.45) is 4.51. The molecule has 1 fully saturated rings. The van der Waals surface area contributed by atoms with Crippen molar-refractivity contribution >= 4 is 33.4 Å². The number of carbonyl (C=O) groups is 1. The highest BCUT2D eigenvalue weighted by Crippen LogP contribution is 2.35. The predicted octanol–water partition coefficient (Wildman–Crippen LogP) is 4.80. The molecule has 0 aromatic heterocycles. The Morgan fingerprint density at radius 1 is 1.47 bits per heavy atom. The van der Waals surface area contributed by atoms with Crippen LogP contribution in [-0.2, 0) is 0 Å². The van der Waals surface area contributed by atoms with Gasteiger partial charge in [-0.05, 0) is 58.8 Å². The molecule has 1 aliphatic carbocycles. The number of hydrogen-bond acceptors (Lipinski definition) is 1. The summed E-state index contributed by atoms with van der Waals surface area (Å²) in [7, 11) is 0. The fourth-order valence-corrected chi connectivity index (χ4v) is 3.35. The van der Waals surface area contributed by atoms with E-state index in [1.165, 1.54) is 12.8 Å². The standard InChI is InChI=1S/C15H19BrClNO/c1-15(2)7-3-4-11(9-15)18-14(19)12-8-10(17)5-6-13(12)16/h5-6,8,11H,3-4,7,9H2,1-2H3,(H,18,19). The first-order valence-corrected chi connectivity index (χ1v) is 7.80. The zero-order valence-electron chi connectivity index (χ0n) is 11.3. The van der Waals surface area contributed by atoms with Crippen molar-refractivity contribution in [3.05, 3.63) is 33.3 Å². The van der Waals surface area contributed by atoms with Gasteiger partial charge >= 0.3 is 0 Å². The number of carbonyl (C=O) groups excluding carboxylic acids is 1. The first-order valence-electron chi connectivity index (χ1n) is 6.63. The maximum Gasteiger partial charge on any atom is 0.252 e. The summed E-state index contributed by atoms with van der Waals surface area (Å²) >= 11 is 9.35. The first-order chi connectivity index (χ1) is 8.87. The molecule has 19 heavy (non-hydrogen) atoms. The van der Waals surface area contributed by atoms with Crippen molar-refractivity contribution in [3.8, 4) is 0 Å². The third-order valence-corrected chi connectivity index (χ3v) is 4.64. The van der Waals surface area contributed by atoms with E-state index in [1.54, 1.807) is 12.1 Å². The smallest absolute Gasteiger partial charge is 0.252 e. The Kier molecular flexibility index (Phi) is 4.57. The SMILES string of the molecule is CC1(C)CCCC(NC(=O)c2cc(Cl)ccc2Br)C1. The number of hydrogen-bond donors (Lipinski definition) is 1. The van der Waals surface area contributed by atoms with Gasteiger partial charge in [-0.15, -0.1) is 0 Å². The monoisotopic (exact) mass is 343 g/mol. The van der Waals surface area contributed by atoms with Gasteiger partial charge in [-0.25, -0.2) is 0 Å². The lowest BCUT2D eigenvalue weighted by atomic mass is 9.75. The summed E-state index contributed by atoms with van der Waals surface area (Å²) in [4.78, 5) is 12.3. The molecule has 0 spiro atoms. The number of nitrogens with one attached hydrogen (secondary N) is 1. The molecule has 2 rings (SSSR count). The van der Waals surface area contributed by atoms with Crippen molar-refractivity contribution in [1.82, 2.24) is 5.32 Å². The van der Waals surface area contributed by atoms with Gasteiger partial charge in [0.2, 0.25) is 0 Å². The highest BCUT2D eigenvalue weighted by atomic mass is 79.9. The van der Waals surface area contributed by atoms with Crippen LogP contribution in [0.4, 0.5) is 0 Å². The van der Waals surface area contributed by atoms with Crippen LogP contribution in [0.15, 0.2) is 22.7 Å². The normalized spacial score (nSPS) is 22.0. The molecular formula is C15H19BrClNO. The molecule has 1 N–H and O–H groups in total. The number of benzene rings is 1. The van der Waals surface area contributed by atoms with E-state index in [0.717, 1.165) is 17.3 Å². The number of rotatable bonds is 2. The Morgan fingerprint density at radius 3 is 2.89 bits per heavy atom. The Morgan fingerprint density at radius 2 is 2.21 bits per heavy atom. The fraction of sp³-hybridized carbons (Fsp3) is 0.533. The lowest BCUT2D eigenvalue weighted by Crippen LogP contribution is -2.40. The Hall–Kier alpha value is -0.540. The van der Waals surface area contributed by atoms with Crippen molar-refractivity contribution in [2.45, 2.75) is 45.6 Å². The Bertz CT molecular complexity index is 487. The number of halogens is 2. The van der Waals surface area contributed by atoms with Gasteiger partial charge in [0, 0.05) is 15.5 Å². The van der Waals surface area contributed by atoms with E-state index in [1.807, 2.05) is 6.07 Å². The van der Waals surface area contributed by atoms with Crippen molar-refractivity contribution in [3.63, 3.8) is 0 Å². The van der Waals surface area contributed by atoms with Crippen LogP contribution in [-0.4, -0.2) is 11.9 Å². The van der Waals surface area contributed by atoms with Gasteiger partial charge in [-0.2, -0.15) is 0 Å². The minimum atomic E-state index is -0.0444. The molecule has 0 heterocycles. The van der Waals surface area contributed by atoms with E-state index in [-0.39, 0.29) is 11.9 Å². The molecule has 1 aromatic rings. The van der Waals surface area contributed by atoms with E-state index in [9.17, 15) is 4.79 Å². The van der Waals surface area contributed by atoms with Crippen LogP contribution in [0.1, 0.15) is 49.9 Å². The lowest BCUT2D eigenvalue weighted by molar-refractivity contribution is 0.0902. The van der Waals surface area contributed by atoms with Crippen LogP contribution in [0.25, 0.3) is 0 Å². The molecule has 0 radical (unpaired) electrons. The zero-order chi connectivity index (χ0) is 14.0. The minimum absolute atomic E-state index is 0.0444. The van der Waals surface area contributed by atoms with Gasteiger partial charge in [0.25, 0.3) is 5.91 Å². The van der Waals surface area contributed by atoms with Gasteiger partial charge in [-0.1, -0.05) is 31.9 Å². The Labute approximate surface area is 128 Å². The maximum absolute atomic E-state index is 12.3. The van der Waals surface area contributed by atoms with Crippen LogP contribution >= 0.6 is 27.5 Å². The quantitative estimate of drug-likeness (QED) is 0.820. The van der Waals surface area contributed by atoms with Crippen molar-refractivity contribution in [2.75, 3.05) is 0 Å². The topological polar surface area (TPSA) is 29.1 Å². The predicted molar refractivity (Wildman–Crippen MR) is 82.7 cm³/mol. The van der Waals surface area contributed by atoms with Crippen LogP contribution in [0, 0.1) is 5.41 Å². The third-order valence-electron chi connectivity index (χ3n) is 3.71. The summed E-state index contributed by atoms with van der Waals surface area (Å²) in [5, 5.41) is 3.71. The maximum atomic E-state index is 12.3. The Balaban J connectivity index is 2.06. The molecule has 0 bridgehead atoms. The van der Waals surface area contributed by atoms with Gasteiger partial charge in [0.1, 0.15) is 0 Å². The summed E-state index contributed by atoms with van der Waals surface area (Å²) in [5.41, 5.74) is 0.928. The van der Waals surface area contributed by atoms with E-state index >= 15 is 0 Å². The van der Waals surface area contributed by atoms with E-state index in [2.05, 4.69) is 35.1 Å². The molecule has 4 heteroatoms. The molecule has 1 aliphatic rings. The fourth-order valence-electron chi connectivity index (χ4n) is 2.76. The molecule has 1 amide bonds. The second kappa shape index (κ2) is 5.84. The van der Waals surface area contributed by atoms with Gasteiger partial charge in [0.05, 0.1) is 5.56 Å². The van der Waals surface area contributed by atoms with E-state index in [0.29, 0.717) is 16.0 Å². The molecule has 2 nitrogen and oxygen atoms in total. The second-order valence-electron chi connectivity index (χ2n) is 6.06. The summed E-state index contributed by atoms with van der Waals surface area (Å²) in [6, 6.07) is 5.55.